The van der Waals surface area contributed by atoms with Gasteiger partial charge in [-0.25, -0.2) is 9.59 Å². The van der Waals surface area contributed by atoms with E-state index in [0.717, 1.165) is 11.1 Å². The van der Waals surface area contributed by atoms with E-state index in [2.05, 4.69) is 5.32 Å². The molecule has 0 saturated heterocycles. The van der Waals surface area contributed by atoms with Crippen molar-refractivity contribution >= 4 is 42.4 Å². The van der Waals surface area contributed by atoms with Gasteiger partial charge in [0, 0.05) is 49.7 Å². The summed E-state index contributed by atoms with van der Waals surface area (Å²) < 4.78 is 11.5. The largest absolute Gasteiger partial charge is 0.461 e. The number of likely N-dealkylation sites (N-methyl/N-ethyl adjacent to an activating group) is 2. The van der Waals surface area contributed by atoms with Gasteiger partial charge in [0.15, 0.2) is 0 Å². The number of carbonyl (C=O) groups excluding carboxylic acids is 2. The minimum absolute atomic E-state index is 0. The topological polar surface area (TPSA) is 114 Å². The smallest absolute Gasteiger partial charge is 0.336 e. The van der Waals surface area contributed by atoms with Crippen LogP contribution in [0.4, 0.5) is 5.69 Å². The highest BCUT2D eigenvalue weighted by Gasteiger charge is 2.38. The van der Waals surface area contributed by atoms with Gasteiger partial charge in [-0.15, -0.1) is 24.8 Å². The molecule has 0 fully saturated rings. The number of halogens is 2. The second-order valence-corrected chi connectivity index (χ2v) is 11.2. The van der Waals surface area contributed by atoms with Gasteiger partial charge >= 0.3 is 11.9 Å². The molecule has 0 unspecified atom stereocenters. The molecular formula is C35H42Cl2N4O6. The predicted octanol–water partition coefficient (Wildman–Crippen LogP) is 6.02. The van der Waals surface area contributed by atoms with Crippen LogP contribution >= 0.6 is 24.8 Å². The third-order valence-electron chi connectivity index (χ3n) is 7.62. The van der Waals surface area contributed by atoms with E-state index in [-0.39, 0.29) is 54.9 Å². The number of hydrogen-bond donors (Lipinski definition) is 1. The minimum atomic E-state index is -0.921. The van der Waals surface area contributed by atoms with Crippen molar-refractivity contribution in [2.24, 2.45) is 0 Å². The van der Waals surface area contributed by atoms with Gasteiger partial charge in [-0.2, -0.15) is 0 Å². The molecule has 1 aliphatic heterocycles. The van der Waals surface area contributed by atoms with Crippen LogP contribution in [0.2, 0.25) is 0 Å². The fraction of sp³-hybridized carbons (Fsp3) is 0.314. The van der Waals surface area contributed by atoms with Crippen LogP contribution in [0.3, 0.4) is 0 Å². The highest BCUT2D eigenvalue weighted by Crippen LogP contribution is 2.40. The molecule has 4 rings (SSSR count). The number of non-ortho nitro benzene ring substituents is 1. The van der Waals surface area contributed by atoms with Crippen LogP contribution in [0, 0.1) is 10.1 Å². The van der Waals surface area contributed by atoms with Crippen molar-refractivity contribution in [2.45, 2.75) is 32.9 Å². The van der Waals surface area contributed by atoms with Crippen LogP contribution in [-0.4, -0.2) is 67.1 Å². The second kappa shape index (κ2) is 18.8. The summed E-state index contributed by atoms with van der Waals surface area (Å²) in [5.41, 5.74) is 3.98. The van der Waals surface area contributed by atoms with E-state index in [4.69, 9.17) is 9.47 Å². The Morgan fingerprint density at radius 3 is 1.62 bits per heavy atom. The number of dihydropyridines is 1. The van der Waals surface area contributed by atoms with Crippen LogP contribution in [0.1, 0.15) is 36.5 Å². The van der Waals surface area contributed by atoms with E-state index in [9.17, 15) is 19.7 Å². The number of nitro groups is 1. The lowest BCUT2D eigenvalue weighted by Gasteiger charge is -2.30. The van der Waals surface area contributed by atoms with Crippen LogP contribution < -0.4 is 5.32 Å². The molecule has 0 amide bonds. The molecule has 252 valence electrons. The summed E-state index contributed by atoms with van der Waals surface area (Å²) in [4.78, 5) is 42.5. The molecular weight excluding hydrogens is 643 g/mol. The van der Waals surface area contributed by atoms with Gasteiger partial charge in [0.1, 0.15) is 13.2 Å². The number of carbonyl (C=O) groups is 2. The van der Waals surface area contributed by atoms with E-state index < -0.39 is 22.8 Å². The molecule has 0 bridgehead atoms. The number of ether oxygens (including phenoxy) is 2. The first-order valence-electron chi connectivity index (χ1n) is 14.9. The van der Waals surface area contributed by atoms with E-state index >= 15 is 0 Å². The number of nitro benzene ring substituents is 1. The molecule has 3 aromatic carbocycles. The molecule has 1 aliphatic rings. The van der Waals surface area contributed by atoms with Crippen molar-refractivity contribution in [3.05, 3.63) is 134 Å². The lowest BCUT2D eigenvalue weighted by Crippen LogP contribution is -2.34. The Morgan fingerprint density at radius 1 is 0.745 bits per heavy atom. The fourth-order valence-electron chi connectivity index (χ4n) is 5.38. The Morgan fingerprint density at radius 2 is 1.19 bits per heavy atom. The maximum absolute atomic E-state index is 13.6. The van der Waals surface area contributed by atoms with Gasteiger partial charge in [0.05, 0.1) is 22.0 Å². The van der Waals surface area contributed by atoms with Crippen molar-refractivity contribution in [1.82, 2.24) is 15.1 Å². The highest BCUT2D eigenvalue weighted by molar-refractivity contribution is 6.00. The van der Waals surface area contributed by atoms with Gasteiger partial charge in [0.2, 0.25) is 0 Å². The normalized spacial score (nSPS) is 13.1. The molecule has 12 heteroatoms. The van der Waals surface area contributed by atoms with Crippen molar-refractivity contribution < 1.29 is 24.0 Å². The lowest BCUT2D eigenvalue weighted by atomic mass is 9.80. The fourth-order valence-corrected chi connectivity index (χ4v) is 5.38. The van der Waals surface area contributed by atoms with Crippen molar-refractivity contribution in [3.8, 4) is 0 Å². The Kier molecular flexibility index (Phi) is 15.6. The number of allylic oxidation sites excluding steroid dienone is 2. The third-order valence-corrected chi connectivity index (χ3v) is 7.62. The van der Waals surface area contributed by atoms with Crippen LogP contribution in [-0.2, 0) is 32.2 Å². The molecule has 0 radical (unpaired) electrons. The maximum Gasteiger partial charge on any atom is 0.336 e. The van der Waals surface area contributed by atoms with Gasteiger partial charge in [-0.05, 0) is 44.6 Å². The Bertz CT molecular complexity index is 1480. The molecule has 0 aliphatic carbocycles. The van der Waals surface area contributed by atoms with Crippen LogP contribution in [0.25, 0.3) is 0 Å². The highest BCUT2D eigenvalue weighted by atomic mass is 35.5. The lowest BCUT2D eigenvalue weighted by molar-refractivity contribution is -0.384. The van der Waals surface area contributed by atoms with E-state index in [0.29, 0.717) is 43.1 Å². The Hall–Kier alpha value is -4.22. The number of nitrogens with zero attached hydrogens (tertiary/aromatic N) is 3. The zero-order valence-corrected chi connectivity index (χ0v) is 28.6. The first-order chi connectivity index (χ1) is 21.6. The Balaban J connectivity index is 0.00000384. The summed E-state index contributed by atoms with van der Waals surface area (Å²) in [6, 6.07) is 25.9. The van der Waals surface area contributed by atoms with Crippen LogP contribution in [0.5, 0.6) is 0 Å². The van der Waals surface area contributed by atoms with Crippen molar-refractivity contribution in [3.63, 3.8) is 0 Å². The molecule has 0 aromatic heterocycles. The summed E-state index contributed by atoms with van der Waals surface area (Å²) in [7, 11) is 3.88. The van der Waals surface area contributed by atoms with Gasteiger partial charge in [-0.3, -0.25) is 19.9 Å². The van der Waals surface area contributed by atoms with E-state index in [1.807, 2.05) is 84.6 Å². The maximum atomic E-state index is 13.6. The summed E-state index contributed by atoms with van der Waals surface area (Å²) >= 11 is 0. The molecule has 0 spiro atoms. The average Bonchev–Trinajstić information content (AvgIpc) is 3.01. The molecule has 1 heterocycles. The monoisotopic (exact) mass is 684 g/mol. The van der Waals surface area contributed by atoms with Gasteiger partial charge in [-0.1, -0.05) is 72.8 Å². The molecule has 0 saturated carbocycles. The third kappa shape index (κ3) is 10.9. The zero-order chi connectivity index (χ0) is 32.3. The van der Waals surface area contributed by atoms with Crippen LogP contribution in [0.15, 0.2) is 107 Å². The summed E-state index contributed by atoms with van der Waals surface area (Å²) in [5, 5.41) is 14.8. The number of hydrogen-bond acceptors (Lipinski definition) is 9. The molecule has 3 aromatic rings. The van der Waals surface area contributed by atoms with E-state index in [1.54, 1.807) is 26.0 Å². The van der Waals surface area contributed by atoms with E-state index in [1.165, 1.54) is 12.1 Å². The predicted molar refractivity (Wildman–Crippen MR) is 186 cm³/mol. The molecule has 47 heavy (non-hydrogen) atoms. The molecule has 0 atom stereocenters. The minimum Gasteiger partial charge on any atom is -0.461 e. The van der Waals surface area contributed by atoms with Crippen molar-refractivity contribution in [1.29, 1.82) is 0 Å². The molecule has 10 nitrogen and oxygen atoms in total. The average molecular weight is 686 g/mol. The standard InChI is InChI=1S/C35H40N4O6.2ClH/c1-25-31(34(40)44-20-18-37(3)23-27-12-7-5-8-13-27)33(29-16-11-17-30(22-29)39(42)43)32(26(2)36-25)35(41)45-21-19-38(4)24-28-14-9-6-10-15-28;;/h5-17,22,33,36H,18-21,23-24H2,1-4H3;2*1H. The Labute approximate surface area is 288 Å². The first-order valence-corrected chi connectivity index (χ1v) is 14.9. The van der Waals surface area contributed by atoms with Crippen molar-refractivity contribution in [2.75, 3.05) is 40.4 Å². The van der Waals surface area contributed by atoms with Gasteiger partial charge < -0.3 is 14.8 Å². The quantitative estimate of drug-likeness (QED) is 0.124. The summed E-state index contributed by atoms with van der Waals surface area (Å²) in [5.74, 6) is -2.13. The number of esters is 2. The number of nitrogens with one attached hydrogen (secondary N) is 1. The SMILES string of the molecule is CC1=C(C(=O)OCCN(C)Cc2ccccc2)C(c2cccc([N+](=O)[O-])c2)C(C(=O)OCCN(C)Cc2ccccc2)=C(C)N1.Cl.Cl. The number of rotatable bonds is 14. The van der Waals surface area contributed by atoms with Gasteiger partial charge in [0.25, 0.3) is 5.69 Å². The second-order valence-electron chi connectivity index (χ2n) is 11.2. The molecule has 1 N–H and O–H groups in total. The zero-order valence-electron chi connectivity index (χ0n) is 27.0. The first kappa shape index (κ1) is 39.0. The number of benzene rings is 3. The summed E-state index contributed by atoms with van der Waals surface area (Å²) in [6.07, 6.45) is 0. The summed E-state index contributed by atoms with van der Waals surface area (Å²) in [6.45, 7) is 6.06.